The maximum atomic E-state index is 11.5. The number of imidazole rings is 1. The number of aromatic nitrogens is 2. The molecule has 116 valence electrons. The predicted octanol–water partition coefficient (Wildman–Crippen LogP) is 1.63. The van der Waals surface area contributed by atoms with E-state index in [1.165, 1.54) is 11.1 Å². The van der Waals surface area contributed by atoms with E-state index in [1.54, 1.807) is 12.1 Å². The van der Waals surface area contributed by atoms with E-state index < -0.39 is 5.91 Å². The Morgan fingerprint density at radius 2 is 2.09 bits per heavy atom. The second kappa shape index (κ2) is 5.10. The first-order valence-electron chi connectivity index (χ1n) is 7.51. The lowest BCUT2D eigenvalue weighted by atomic mass is 9.95. The van der Waals surface area contributed by atoms with E-state index in [4.69, 9.17) is 11.5 Å². The standard InChI is InChI=1S/C17H17N5O/c18-11-5-4-9-7-14(20-8-10(9)6-11)17-21-13-3-1-2-12(16(19)23)15(13)22-17/h1-6,14,20H,7-8,18H2,(H2,19,23)(H,21,22). The fourth-order valence-electron chi connectivity index (χ4n) is 3.14. The number of aromatic amines is 1. The van der Waals surface area contributed by atoms with Crippen molar-refractivity contribution in [3.63, 3.8) is 0 Å². The Morgan fingerprint density at radius 3 is 2.91 bits per heavy atom. The van der Waals surface area contributed by atoms with Gasteiger partial charge in [-0.05, 0) is 41.8 Å². The second-order valence-corrected chi connectivity index (χ2v) is 5.85. The molecule has 6 heteroatoms. The van der Waals surface area contributed by atoms with E-state index in [9.17, 15) is 4.79 Å². The van der Waals surface area contributed by atoms with Crippen LogP contribution < -0.4 is 16.8 Å². The van der Waals surface area contributed by atoms with Crippen LogP contribution in [0.5, 0.6) is 0 Å². The van der Waals surface area contributed by atoms with Crippen LogP contribution in [0, 0.1) is 0 Å². The zero-order valence-electron chi connectivity index (χ0n) is 12.5. The molecule has 0 spiro atoms. The summed E-state index contributed by atoms with van der Waals surface area (Å²) in [5.41, 5.74) is 16.4. The van der Waals surface area contributed by atoms with Crippen molar-refractivity contribution in [2.75, 3.05) is 5.73 Å². The molecular weight excluding hydrogens is 290 g/mol. The normalized spacial score (nSPS) is 17.1. The molecule has 0 radical (unpaired) electrons. The average Bonchev–Trinajstić information content (AvgIpc) is 2.98. The van der Waals surface area contributed by atoms with Gasteiger partial charge in [0.15, 0.2) is 0 Å². The van der Waals surface area contributed by atoms with Gasteiger partial charge < -0.3 is 21.8 Å². The molecule has 1 aliphatic heterocycles. The summed E-state index contributed by atoms with van der Waals surface area (Å²) < 4.78 is 0. The molecule has 1 aliphatic rings. The fraction of sp³-hybridized carbons (Fsp3) is 0.176. The summed E-state index contributed by atoms with van der Waals surface area (Å²) in [4.78, 5) is 19.4. The minimum Gasteiger partial charge on any atom is -0.399 e. The number of nitrogens with one attached hydrogen (secondary N) is 2. The summed E-state index contributed by atoms with van der Waals surface area (Å²) in [6.07, 6.45) is 0.821. The number of carbonyl (C=O) groups excluding carboxylic acids is 1. The van der Waals surface area contributed by atoms with Crippen LogP contribution in [0.3, 0.4) is 0 Å². The molecule has 6 N–H and O–H groups in total. The molecule has 0 aliphatic carbocycles. The molecule has 0 saturated heterocycles. The Kier molecular flexibility index (Phi) is 3.06. The van der Waals surface area contributed by atoms with E-state index in [2.05, 4.69) is 21.4 Å². The van der Waals surface area contributed by atoms with Gasteiger partial charge in [0, 0.05) is 12.2 Å². The Bertz CT molecular complexity index is 914. The van der Waals surface area contributed by atoms with Gasteiger partial charge in [-0.3, -0.25) is 4.79 Å². The lowest BCUT2D eigenvalue weighted by Gasteiger charge is -2.25. The molecule has 1 amide bonds. The number of nitrogens with two attached hydrogens (primary N) is 2. The Morgan fingerprint density at radius 1 is 1.22 bits per heavy atom. The third-order valence-electron chi connectivity index (χ3n) is 4.32. The van der Waals surface area contributed by atoms with Crippen LogP contribution in [0.2, 0.25) is 0 Å². The molecule has 2 aromatic carbocycles. The van der Waals surface area contributed by atoms with E-state index in [0.717, 1.165) is 30.0 Å². The molecule has 3 aromatic rings. The average molecular weight is 307 g/mol. The van der Waals surface area contributed by atoms with Crippen molar-refractivity contribution in [1.29, 1.82) is 0 Å². The fourth-order valence-corrected chi connectivity index (χ4v) is 3.14. The minimum absolute atomic E-state index is 0.0688. The van der Waals surface area contributed by atoms with Gasteiger partial charge in [-0.1, -0.05) is 12.1 Å². The number of fused-ring (bicyclic) bond motifs is 2. The number of primary amides is 1. The molecule has 6 nitrogen and oxygen atoms in total. The van der Waals surface area contributed by atoms with Crippen molar-refractivity contribution in [1.82, 2.24) is 15.3 Å². The topological polar surface area (TPSA) is 110 Å². The maximum absolute atomic E-state index is 11.5. The van der Waals surface area contributed by atoms with Crippen molar-refractivity contribution in [3.8, 4) is 0 Å². The number of amides is 1. The van der Waals surface area contributed by atoms with Crippen molar-refractivity contribution >= 4 is 22.6 Å². The zero-order valence-corrected chi connectivity index (χ0v) is 12.5. The molecule has 23 heavy (non-hydrogen) atoms. The van der Waals surface area contributed by atoms with Crippen LogP contribution in [-0.4, -0.2) is 15.9 Å². The number of H-pyrrole nitrogens is 1. The van der Waals surface area contributed by atoms with Gasteiger partial charge >= 0.3 is 0 Å². The van der Waals surface area contributed by atoms with Gasteiger partial charge in [0.05, 0.1) is 17.1 Å². The quantitative estimate of drug-likeness (QED) is 0.539. The first-order valence-corrected chi connectivity index (χ1v) is 7.51. The maximum Gasteiger partial charge on any atom is 0.250 e. The number of benzene rings is 2. The summed E-state index contributed by atoms with van der Waals surface area (Å²) in [6.45, 7) is 0.741. The Balaban J connectivity index is 1.72. The third-order valence-corrected chi connectivity index (χ3v) is 4.32. The summed E-state index contributed by atoms with van der Waals surface area (Å²) in [5.74, 6) is 0.349. The number of anilines is 1. The molecule has 1 atom stereocenters. The highest BCUT2D eigenvalue weighted by Crippen LogP contribution is 2.27. The number of hydrogen-bond donors (Lipinski definition) is 4. The number of carbonyl (C=O) groups is 1. The van der Waals surface area contributed by atoms with Gasteiger partial charge in [0.25, 0.3) is 5.91 Å². The van der Waals surface area contributed by atoms with E-state index >= 15 is 0 Å². The molecule has 4 rings (SSSR count). The smallest absolute Gasteiger partial charge is 0.250 e. The van der Waals surface area contributed by atoms with Crippen LogP contribution in [-0.2, 0) is 13.0 Å². The van der Waals surface area contributed by atoms with E-state index in [0.29, 0.717) is 11.1 Å². The number of para-hydroxylation sites is 1. The third kappa shape index (κ3) is 2.33. The molecular formula is C17H17N5O. The Hall–Kier alpha value is -2.86. The zero-order chi connectivity index (χ0) is 16.0. The largest absolute Gasteiger partial charge is 0.399 e. The van der Waals surface area contributed by atoms with Crippen molar-refractivity contribution in [2.45, 2.75) is 19.0 Å². The lowest BCUT2D eigenvalue weighted by Crippen LogP contribution is -2.29. The van der Waals surface area contributed by atoms with Crippen molar-refractivity contribution in [2.24, 2.45) is 5.73 Å². The summed E-state index contributed by atoms with van der Waals surface area (Å²) in [6, 6.07) is 11.5. The molecule has 2 heterocycles. The Labute approximate surface area is 132 Å². The highest BCUT2D eigenvalue weighted by Gasteiger charge is 2.23. The van der Waals surface area contributed by atoms with Crippen LogP contribution in [0.1, 0.15) is 33.4 Å². The van der Waals surface area contributed by atoms with Crippen LogP contribution >= 0.6 is 0 Å². The van der Waals surface area contributed by atoms with Crippen LogP contribution in [0.25, 0.3) is 11.0 Å². The highest BCUT2D eigenvalue weighted by molar-refractivity contribution is 6.04. The van der Waals surface area contributed by atoms with Crippen molar-refractivity contribution < 1.29 is 4.79 Å². The minimum atomic E-state index is -0.467. The molecule has 1 aromatic heterocycles. The molecule has 0 bridgehead atoms. The van der Waals surface area contributed by atoms with Gasteiger partial charge in [-0.2, -0.15) is 0 Å². The molecule has 0 fully saturated rings. The number of rotatable bonds is 2. The molecule has 0 saturated carbocycles. The van der Waals surface area contributed by atoms with E-state index in [-0.39, 0.29) is 6.04 Å². The van der Waals surface area contributed by atoms with Crippen molar-refractivity contribution in [3.05, 3.63) is 58.9 Å². The lowest BCUT2D eigenvalue weighted by molar-refractivity contribution is 0.100. The highest BCUT2D eigenvalue weighted by atomic mass is 16.1. The van der Waals surface area contributed by atoms with Gasteiger partial charge in [-0.25, -0.2) is 4.98 Å². The van der Waals surface area contributed by atoms with Gasteiger partial charge in [-0.15, -0.1) is 0 Å². The number of nitrogens with zero attached hydrogens (tertiary/aromatic N) is 1. The second-order valence-electron chi connectivity index (χ2n) is 5.85. The van der Waals surface area contributed by atoms with Crippen LogP contribution in [0.15, 0.2) is 36.4 Å². The monoisotopic (exact) mass is 307 g/mol. The molecule has 1 unspecified atom stereocenters. The van der Waals surface area contributed by atoms with Gasteiger partial charge in [0.2, 0.25) is 0 Å². The summed E-state index contributed by atoms with van der Waals surface area (Å²) in [5, 5.41) is 3.46. The SMILES string of the molecule is NC(=O)c1cccc2[nH]c(C3Cc4ccc(N)cc4CN3)nc12. The first-order chi connectivity index (χ1) is 11.1. The van der Waals surface area contributed by atoms with Crippen LogP contribution in [0.4, 0.5) is 5.69 Å². The number of nitrogen functional groups attached to an aromatic ring is 1. The first kappa shape index (κ1) is 13.8. The predicted molar refractivity (Wildman–Crippen MR) is 88.8 cm³/mol. The van der Waals surface area contributed by atoms with E-state index in [1.807, 2.05) is 18.2 Å². The van der Waals surface area contributed by atoms with Gasteiger partial charge in [0.1, 0.15) is 11.3 Å². The summed E-state index contributed by atoms with van der Waals surface area (Å²) >= 11 is 0. The number of hydrogen-bond acceptors (Lipinski definition) is 4. The summed E-state index contributed by atoms with van der Waals surface area (Å²) in [7, 11) is 0.